The highest BCUT2D eigenvalue weighted by Gasteiger charge is 2.20. The van der Waals surface area contributed by atoms with E-state index < -0.39 is 0 Å². The number of nitriles is 1. The van der Waals surface area contributed by atoms with E-state index in [4.69, 9.17) is 5.26 Å². The molecule has 0 aliphatic rings. The summed E-state index contributed by atoms with van der Waals surface area (Å²) in [6.45, 7) is 5.25. The summed E-state index contributed by atoms with van der Waals surface area (Å²) in [7, 11) is 0. The van der Waals surface area contributed by atoms with Gasteiger partial charge in [-0.25, -0.2) is 4.79 Å². The second-order valence-corrected chi connectivity index (χ2v) is 4.99. The van der Waals surface area contributed by atoms with Crippen LogP contribution in [0.4, 0.5) is 0 Å². The van der Waals surface area contributed by atoms with Crippen molar-refractivity contribution in [3.05, 3.63) is 34.2 Å². The van der Waals surface area contributed by atoms with E-state index in [1.54, 1.807) is 0 Å². The molecule has 0 aliphatic carbocycles. The van der Waals surface area contributed by atoms with Crippen LogP contribution in [0.1, 0.15) is 19.4 Å². The zero-order valence-corrected chi connectivity index (χ0v) is 10.5. The third-order valence-electron chi connectivity index (χ3n) is 3.07. The van der Waals surface area contributed by atoms with E-state index in [1.165, 1.54) is 0 Å². The van der Waals surface area contributed by atoms with E-state index in [-0.39, 0.29) is 11.1 Å². The Hall–Kier alpha value is -2.06. The minimum atomic E-state index is -0.192. The van der Waals surface area contributed by atoms with Crippen LogP contribution in [0.25, 0.3) is 11.0 Å². The van der Waals surface area contributed by atoms with Gasteiger partial charge in [0.25, 0.3) is 0 Å². The molecule has 0 unspecified atom stereocenters. The predicted octanol–water partition coefficient (Wildman–Crippen LogP) is 1.25. The van der Waals surface area contributed by atoms with E-state index in [0.717, 1.165) is 16.6 Å². The fraction of sp³-hybridized carbons (Fsp3) is 0.385. The van der Waals surface area contributed by atoms with Crippen LogP contribution in [0.5, 0.6) is 0 Å². The molecule has 5 nitrogen and oxygen atoms in total. The molecular weight excluding hydrogens is 228 g/mol. The Bertz CT molecular complexity index is 645. The van der Waals surface area contributed by atoms with Crippen LogP contribution in [0, 0.1) is 11.3 Å². The van der Waals surface area contributed by atoms with Gasteiger partial charge in [0.1, 0.15) is 0 Å². The molecule has 0 spiro atoms. The van der Waals surface area contributed by atoms with E-state index >= 15 is 0 Å². The van der Waals surface area contributed by atoms with Gasteiger partial charge in [0.2, 0.25) is 0 Å². The van der Waals surface area contributed by atoms with Crippen molar-refractivity contribution in [2.75, 3.05) is 13.1 Å². The molecule has 0 amide bonds. The fourth-order valence-electron chi connectivity index (χ4n) is 1.99. The molecule has 0 atom stereocenters. The van der Waals surface area contributed by atoms with Crippen LogP contribution in [-0.2, 0) is 5.41 Å². The van der Waals surface area contributed by atoms with E-state index in [2.05, 4.69) is 35.2 Å². The molecule has 2 aromatic rings. The highest BCUT2D eigenvalue weighted by Crippen LogP contribution is 2.24. The number of imidazole rings is 1. The van der Waals surface area contributed by atoms with Crippen molar-refractivity contribution in [3.8, 4) is 6.07 Å². The van der Waals surface area contributed by atoms with E-state index in [0.29, 0.717) is 13.1 Å². The van der Waals surface area contributed by atoms with Gasteiger partial charge in [-0.15, -0.1) is 0 Å². The van der Waals surface area contributed by atoms with Crippen LogP contribution in [0.2, 0.25) is 0 Å². The Balaban J connectivity index is 2.29. The van der Waals surface area contributed by atoms with Crippen LogP contribution in [-0.4, -0.2) is 23.1 Å². The summed E-state index contributed by atoms with van der Waals surface area (Å²) in [6.07, 6.45) is 0. The SMILES string of the molecule is CC(C)(CNCC#N)c1ccc2[nH]c(=O)[nH]c2c1. The van der Waals surface area contributed by atoms with Crippen LogP contribution in [0.15, 0.2) is 23.0 Å². The molecule has 3 N–H and O–H groups in total. The maximum atomic E-state index is 11.2. The largest absolute Gasteiger partial charge is 0.323 e. The first-order valence-corrected chi connectivity index (χ1v) is 5.83. The molecule has 94 valence electrons. The van der Waals surface area contributed by atoms with Gasteiger partial charge in [-0.3, -0.25) is 0 Å². The second-order valence-electron chi connectivity index (χ2n) is 4.99. The maximum absolute atomic E-state index is 11.2. The summed E-state index contributed by atoms with van der Waals surface area (Å²) in [4.78, 5) is 16.7. The molecule has 0 fully saturated rings. The lowest BCUT2D eigenvalue weighted by Gasteiger charge is -2.25. The van der Waals surface area contributed by atoms with Gasteiger partial charge in [0.15, 0.2) is 0 Å². The van der Waals surface area contributed by atoms with Gasteiger partial charge in [0, 0.05) is 12.0 Å². The zero-order chi connectivity index (χ0) is 13.2. The Labute approximate surface area is 105 Å². The van der Waals surface area contributed by atoms with Crippen molar-refractivity contribution in [2.45, 2.75) is 19.3 Å². The minimum absolute atomic E-state index is 0.0980. The first-order chi connectivity index (χ1) is 8.53. The Morgan fingerprint density at radius 2 is 2.06 bits per heavy atom. The second kappa shape index (κ2) is 4.67. The van der Waals surface area contributed by atoms with E-state index in [9.17, 15) is 4.79 Å². The summed E-state index contributed by atoms with van der Waals surface area (Å²) in [6, 6.07) is 7.93. The number of nitrogens with zero attached hydrogens (tertiary/aromatic N) is 1. The summed E-state index contributed by atoms with van der Waals surface area (Å²) >= 11 is 0. The molecule has 18 heavy (non-hydrogen) atoms. The van der Waals surface area contributed by atoms with Crippen molar-refractivity contribution in [1.82, 2.24) is 15.3 Å². The molecule has 1 aromatic heterocycles. The number of aromatic amines is 2. The van der Waals surface area contributed by atoms with Gasteiger partial charge in [-0.2, -0.15) is 5.26 Å². The summed E-state index contributed by atoms with van der Waals surface area (Å²) in [5, 5.41) is 11.6. The van der Waals surface area contributed by atoms with Gasteiger partial charge in [-0.05, 0) is 17.7 Å². The number of H-pyrrole nitrogens is 2. The fourth-order valence-corrected chi connectivity index (χ4v) is 1.99. The van der Waals surface area contributed by atoms with Crippen molar-refractivity contribution < 1.29 is 0 Å². The Morgan fingerprint density at radius 1 is 1.33 bits per heavy atom. The molecule has 5 heteroatoms. The van der Waals surface area contributed by atoms with Crippen molar-refractivity contribution in [1.29, 1.82) is 5.26 Å². The van der Waals surface area contributed by atoms with Crippen LogP contribution < -0.4 is 11.0 Å². The third kappa shape index (κ3) is 2.44. The topological polar surface area (TPSA) is 84.5 Å². The Kier molecular flexibility index (Phi) is 3.21. The highest BCUT2D eigenvalue weighted by molar-refractivity contribution is 5.75. The minimum Gasteiger partial charge on any atom is -0.306 e. The molecule has 2 rings (SSSR count). The lowest BCUT2D eigenvalue weighted by atomic mass is 9.84. The number of nitrogens with one attached hydrogen (secondary N) is 3. The first-order valence-electron chi connectivity index (χ1n) is 5.83. The lowest BCUT2D eigenvalue weighted by molar-refractivity contribution is 0.485. The normalized spacial score (nSPS) is 11.6. The zero-order valence-electron chi connectivity index (χ0n) is 10.5. The molecule has 1 heterocycles. The van der Waals surface area contributed by atoms with E-state index in [1.807, 2.05) is 18.2 Å². The highest BCUT2D eigenvalue weighted by atomic mass is 16.1. The molecule has 0 aliphatic heterocycles. The summed E-state index contributed by atoms with van der Waals surface area (Å²) < 4.78 is 0. The standard InChI is InChI=1S/C13H16N4O/c1-13(2,8-15-6-5-14)9-3-4-10-11(7-9)17-12(18)16-10/h3-4,7,15H,6,8H2,1-2H3,(H2,16,17,18). The average Bonchev–Trinajstić information content (AvgIpc) is 2.68. The van der Waals surface area contributed by atoms with Crippen molar-refractivity contribution >= 4 is 11.0 Å². The van der Waals surface area contributed by atoms with Crippen LogP contribution >= 0.6 is 0 Å². The number of fused-ring (bicyclic) bond motifs is 1. The van der Waals surface area contributed by atoms with Gasteiger partial charge < -0.3 is 15.3 Å². The van der Waals surface area contributed by atoms with Gasteiger partial charge in [-0.1, -0.05) is 19.9 Å². The molecule has 1 aromatic carbocycles. The van der Waals surface area contributed by atoms with Crippen molar-refractivity contribution in [2.24, 2.45) is 0 Å². The number of rotatable bonds is 4. The van der Waals surface area contributed by atoms with Crippen LogP contribution in [0.3, 0.4) is 0 Å². The lowest BCUT2D eigenvalue weighted by Crippen LogP contribution is -2.33. The van der Waals surface area contributed by atoms with Crippen molar-refractivity contribution in [3.63, 3.8) is 0 Å². The quantitative estimate of drug-likeness (QED) is 0.559. The molecule has 0 bridgehead atoms. The molecule has 0 saturated carbocycles. The van der Waals surface area contributed by atoms with Gasteiger partial charge in [0.05, 0.1) is 23.6 Å². The molecule has 0 radical (unpaired) electrons. The maximum Gasteiger partial charge on any atom is 0.323 e. The molecule has 0 saturated heterocycles. The predicted molar refractivity (Wildman–Crippen MR) is 70.4 cm³/mol. The first kappa shape index (κ1) is 12.4. The summed E-state index contributed by atoms with van der Waals surface area (Å²) in [5.41, 5.74) is 2.45. The third-order valence-corrected chi connectivity index (χ3v) is 3.07. The average molecular weight is 244 g/mol. The smallest absolute Gasteiger partial charge is 0.306 e. The Morgan fingerprint density at radius 3 is 2.78 bits per heavy atom. The number of hydrogen-bond acceptors (Lipinski definition) is 3. The van der Waals surface area contributed by atoms with Gasteiger partial charge >= 0.3 is 5.69 Å². The number of aromatic nitrogens is 2. The molecular formula is C13H16N4O. The number of hydrogen-bond donors (Lipinski definition) is 3. The summed E-state index contributed by atoms with van der Waals surface area (Å²) in [5.74, 6) is 0. The monoisotopic (exact) mass is 244 g/mol. The number of benzene rings is 1.